The van der Waals surface area contributed by atoms with Crippen LogP contribution in [0.15, 0.2) is 9.85 Å². The highest BCUT2D eigenvalue weighted by molar-refractivity contribution is 9.11. The first-order chi connectivity index (χ1) is 6.27. The van der Waals surface area contributed by atoms with Crippen molar-refractivity contribution in [3.63, 3.8) is 0 Å². The topological polar surface area (TPSA) is 12.0 Å². The van der Waals surface area contributed by atoms with Crippen molar-refractivity contribution in [2.45, 2.75) is 32.2 Å². The molecule has 0 aromatic carbocycles. The van der Waals surface area contributed by atoms with Crippen molar-refractivity contribution in [2.24, 2.45) is 0 Å². The second kappa shape index (κ2) is 4.11. The fourth-order valence-electron chi connectivity index (χ4n) is 1.75. The highest BCUT2D eigenvalue weighted by atomic mass is 79.9. The minimum Gasteiger partial charge on any atom is -0.309 e. The van der Waals surface area contributed by atoms with Gasteiger partial charge in [0.25, 0.3) is 0 Å². The normalized spacial score (nSPS) is 23.4. The van der Waals surface area contributed by atoms with Gasteiger partial charge in [-0.05, 0) is 53.9 Å². The van der Waals surface area contributed by atoms with Gasteiger partial charge in [0.15, 0.2) is 0 Å². The van der Waals surface area contributed by atoms with Gasteiger partial charge >= 0.3 is 0 Å². The second-order valence-corrected chi connectivity index (χ2v) is 6.01. The number of hydrogen-bond donors (Lipinski definition) is 1. The highest BCUT2D eigenvalue weighted by Crippen LogP contribution is 2.34. The van der Waals surface area contributed by atoms with Gasteiger partial charge in [0.2, 0.25) is 0 Å². The fraction of sp³-hybridized carbons (Fsp3) is 0.600. The van der Waals surface area contributed by atoms with E-state index in [4.69, 9.17) is 0 Å². The molecule has 0 aliphatic carbocycles. The zero-order valence-corrected chi connectivity index (χ0v) is 10.2. The van der Waals surface area contributed by atoms with E-state index in [1.807, 2.05) is 11.3 Å². The largest absolute Gasteiger partial charge is 0.309 e. The van der Waals surface area contributed by atoms with Gasteiger partial charge in [-0.25, -0.2) is 0 Å². The van der Waals surface area contributed by atoms with Gasteiger partial charge in [-0.15, -0.1) is 11.3 Å². The summed E-state index contributed by atoms with van der Waals surface area (Å²) in [7, 11) is 0. The van der Waals surface area contributed by atoms with Crippen LogP contribution in [0.25, 0.3) is 0 Å². The van der Waals surface area contributed by atoms with Crippen LogP contribution in [0.5, 0.6) is 0 Å². The number of halogens is 1. The Morgan fingerprint density at radius 3 is 2.92 bits per heavy atom. The third kappa shape index (κ3) is 2.14. The third-order valence-corrected chi connectivity index (χ3v) is 4.78. The van der Waals surface area contributed by atoms with Gasteiger partial charge < -0.3 is 5.32 Å². The maximum absolute atomic E-state index is 3.57. The van der Waals surface area contributed by atoms with E-state index in [-0.39, 0.29) is 0 Å². The number of hydrogen-bond acceptors (Lipinski definition) is 2. The molecule has 0 radical (unpaired) electrons. The molecule has 1 atom stereocenters. The summed E-state index contributed by atoms with van der Waals surface area (Å²) in [5.41, 5.74) is 1.37. The van der Waals surface area contributed by atoms with E-state index in [1.54, 1.807) is 0 Å². The van der Waals surface area contributed by atoms with Crippen molar-refractivity contribution in [1.82, 2.24) is 5.32 Å². The minimum absolute atomic E-state index is 0.615. The lowest BCUT2D eigenvalue weighted by Gasteiger charge is -2.22. The molecule has 1 aromatic heterocycles. The molecule has 0 bridgehead atoms. The summed E-state index contributed by atoms with van der Waals surface area (Å²) in [6.45, 7) is 3.34. The summed E-state index contributed by atoms with van der Waals surface area (Å²) < 4.78 is 1.29. The van der Waals surface area contributed by atoms with Crippen LogP contribution < -0.4 is 5.32 Å². The van der Waals surface area contributed by atoms with E-state index in [0.717, 1.165) is 0 Å². The van der Waals surface area contributed by atoms with Crippen LogP contribution in [-0.2, 0) is 0 Å². The second-order valence-electron chi connectivity index (χ2n) is 3.61. The van der Waals surface area contributed by atoms with Gasteiger partial charge in [0.05, 0.1) is 3.79 Å². The van der Waals surface area contributed by atoms with Crippen LogP contribution in [0.2, 0.25) is 0 Å². The summed E-state index contributed by atoms with van der Waals surface area (Å²) in [5, 5.41) is 3.57. The Hall–Kier alpha value is 0.140. The van der Waals surface area contributed by atoms with Crippen LogP contribution in [-0.4, -0.2) is 6.54 Å². The molecule has 0 saturated carbocycles. The van der Waals surface area contributed by atoms with Crippen LogP contribution in [0.3, 0.4) is 0 Å². The molecule has 3 heteroatoms. The molecule has 13 heavy (non-hydrogen) atoms. The number of nitrogens with one attached hydrogen (secondary N) is 1. The van der Waals surface area contributed by atoms with Crippen LogP contribution in [0, 0.1) is 6.92 Å². The summed E-state index contributed by atoms with van der Waals surface area (Å²) in [4.78, 5) is 1.49. The summed E-state index contributed by atoms with van der Waals surface area (Å²) in [5.74, 6) is 0. The van der Waals surface area contributed by atoms with E-state index in [2.05, 4.69) is 34.2 Å². The average Bonchev–Trinajstić information content (AvgIpc) is 2.49. The fourth-order valence-corrected chi connectivity index (χ4v) is 3.43. The SMILES string of the molecule is Cc1cc(C2CCCCN2)sc1Br. The van der Waals surface area contributed by atoms with Crippen molar-refractivity contribution in [3.05, 3.63) is 20.3 Å². The van der Waals surface area contributed by atoms with E-state index in [9.17, 15) is 0 Å². The molecule has 1 saturated heterocycles. The van der Waals surface area contributed by atoms with E-state index in [1.165, 1.54) is 40.0 Å². The monoisotopic (exact) mass is 259 g/mol. The van der Waals surface area contributed by atoms with Crippen molar-refractivity contribution >= 4 is 27.3 Å². The number of thiophene rings is 1. The van der Waals surface area contributed by atoms with Crippen LogP contribution >= 0.6 is 27.3 Å². The molecule has 2 heterocycles. The van der Waals surface area contributed by atoms with Crippen LogP contribution in [0.4, 0.5) is 0 Å². The Labute approximate surface area is 91.7 Å². The average molecular weight is 260 g/mol. The predicted octanol–water partition coefficient (Wildman–Crippen LogP) is 3.63. The maximum atomic E-state index is 3.57. The first-order valence-corrected chi connectivity index (χ1v) is 6.37. The standard InChI is InChI=1S/C10H14BrNS/c1-7-6-9(13-10(7)11)8-4-2-3-5-12-8/h6,8,12H,2-5H2,1H3. The van der Waals surface area contributed by atoms with Crippen molar-refractivity contribution < 1.29 is 0 Å². The number of piperidine rings is 1. The molecular weight excluding hydrogens is 246 g/mol. The molecular formula is C10H14BrNS. The summed E-state index contributed by atoms with van der Waals surface area (Å²) >= 11 is 5.45. The lowest BCUT2D eigenvalue weighted by Crippen LogP contribution is -2.25. The molecule has 1 aromatic rings. The number of rotatable bonds is 1. The smallest absolute Gasteiger partial charge is 0.0731 e. The Morgan fingerprint density at radius 1 is 1.54 bits per heavy atom. The molecule has 2 rings (SSSR count). The quantitative estimate of drug-likeness (QED) is 0.813. The molecule has 0 spiro atoms. The number of aryl methyl sites for hydroxylation is 1. The summed E-state index contributed by atoms with van der Waals surface area (Å²) in [6, 6.07) is 2.92. The van der Waals surface area contributed by atoms with Crippen LogP contribution in [0.1, 0.15) is 35.7 Å². The molecule has 1 nitrogen and oxygen atoms in total. The third-order valence-electron chi connectivity index (χ3n) is 2.53. The Morgan fingerprint density at radius 2 is 2.38 bits per heavy atom. The maximum Gasteiger partial charge on any atom is 0.0731 e. The Kier molecular flexibility index (Phi) is 3.06. The van der Waals surface area contributed by atoms with Crippen molar-refractivity contribution in [3.8, 4) is 0 Å². The van der Waals surface area contributed by atoms with E-state index < -0.39 is 0 Å². The van der Waals surface area contributed by atoms with Gasteiger partial charge in [0, 0.05) is 10.9 Å². The van der Waals surface area contributed by atoms with E-state index in [0.29, 0.717) is 6.04 Å². The Balaban J connectivity index is 2.14. The Bertz CT molecular complexity index is 270. The minimum atomic E-state index is 0.615. The zero-order valence-electron chi connectivity index (χ0n) is 7.77. The first-order valence-electron chi connectivity index (χ1n) is 4.76. The predicted molar refractivity (Wildman–Crippen MR) is 61.4 cm³/mol. The molecule has 1 N–H and O–H groups in total. The van der Waals surface area contributed by atoms with Gasteiger partial charge in [0.1, 0.15) is 0 Å². The lowest BCUT2D eigenvalue weighted by atomic mass is 10.0. The van der Waals surface area contributed by atoms with E-state index >= 15 is 0 Å². The van der Waals surface area contributed by atoms with Gasteiger partial charge in [-0.1, -0.05) is 6.42 Å². The lowest BCUT2D eigenvalue weighted by molar-refractivity contribution is 0.417. The molecule has 0 amide bonds. The highest BCUT2D eigenvalue weighted by Gasteiger charge is 2.17. The van der Waals surface area contributed by atoms with Gasteiger partial charge in [-0.2, -0.15) is 0 Å². The molecule has 1 aliphatic heterocycles. The van der Waals surface area contributed by atoms with Crippen molar-refractivity contribution in [1.29, 1.82) is 0 Å². The molecule has 1 aliphatic rings. The molecule has 1 fully saturated rings. The van der Waals surface area contributed by atoms with Crippen molar-refractivity contribution in [2.75, 3.05) is 6.54 Å². The van der Waals surface area contributed by atoms with Gasteiger partial charge in [-0.3, -0.25) is 0 Å². The summed E-state index contributed by atoms with van der Waals surface area (Å²) in [6.07, 6.45) is 4.00. The first kappa shape index (κ1) is 9.69. The zero-order chi connectivity index (χ0) is 9.26. The molecule has 72 valence electrons. The molecule has 1 unspecified atom stereocenters.